The van der Waals surface area contributed by atoms with Crippen molar-refractivity contribution >= 4 is 5.78 Å². The number of ketones is 1. The molecule has 0 radical (unpaired) electrons. The van der Waals surface area contributed by atoms with Crippen molar-refractivity contribution in [2.45, 2.75) is 72.1 Å². The van der Waals surface area contributed by atoms with Gasteiger partial charge >= 0.3 is 0 Å². The third-order valence-corrected chi connectivity index (χ3v) is 7.52. The summed E-state index contributed by atoms with van der Waals surface area (Å²) in [5.41, 5.74) is 1.99. The Labute approximate surface area is 158 Å². The third-order valence-electron chi connectivity index (χ3n) is 7.52. The highest BCUT2D eigenvalue weighted by atomic mass is 16.5. The number of carbonyl (C=O) groups is 1. The van der Waals surface area contributed by atoms with E-state index in [0.29, 0.717) is 11.7 Å². The number of ether oxygens (including phenoxy) is 2. The van der Waals surface area contributed by atoms with Gasteiger partial charge in [-0.25, -0.2) is 0 Å². The van der Waals surface area contributed by atoms with Crippen LogP contribution in [0.2, 0.25) is 0 Å². The Morgan fingerprint density at radius 1 is 1.08 bits per heavy atom. The van der Waals surface area contributed by atoms with Crippen LogP contribution in [0.1, 0.15) is 76.8 Å². The Morgan fingerprint density at radius 2 is 1.69 bits per heavy atom. The van der Waals surface area contributed by atoms with Crippen LogP contribution in [-0.4, -0.2) is 20.0 Å². The van der Waals surface area contributed by atoms with Gasteiger partial charge in [-0.05, 0) is 54.7 Å². The second-order valence-electron chi connectivity index (χ2n) is 8.91. The van der Waals surface area contributed by atoms with Gasteiger partial charge in [0, 0.05) is 11.0 Å². The average molecular weight is 359 g/mol. The van der Waals surface area contributed by atoms with E-state index in [0.717, 1.165) is 42.7 Å². The molecule has 1 unspecified atom stereocenters. The summed E-state index contributed by atoms with van der Waals surface area (Å²) in [5.74, 6) is 2.25. The van der Waals surface area contributed by atoms with Crippen LogP contribution in [0.5, 0.6) is 11.5 Å². The Balaban J connectivity index is 2.04. The van der Waals surface area contributed by atoms with Crippen LogP contribution in [0.3, 0.4) is 0 Å². The van der Waals surface area contributed by atoms with E-state index in [1.807, 2.05) is 0 Å². The standard InChI is InChI=1S/C23H34O3/c1-7-8-9-10-15-13-17(25-5)20(18(14-15)26-6)19-16-11-12-23(4,21(19)24)22(16,2)3/h13-14,16,19H,7-12H2,1-6H3/t16-,19?,23+/m1/s1. The molecule has 3 rings (SSSR count). The number of hydrogen-bond acceptors (Lipinski definition) is 3. The van der Waals surface area contributed by atoms with Gasteiger partial charge in [-0.2, -0.15) is 0 Å². The SMILES string of the molecule is CCCCCc1cc(OC)c(C2C(=O)[C@]3(C)CC[C@H]2C3(C)C)c(OC)c1. The number of hydrogen-bond donors (Lipinski definition) is 0. The maximum Gasteiger partial charge on any atom is 0.147 e. The summed E-state index contributed by atoms with van der Waals surface area (Å²) in [6.07, 6.45) is 6.72. The molecule has 0 aromatic heterocycles. The lowest BCUT2D eigenvalue weighted by molar-refractivity contribution is -0.129. The summed E-state index contributed by atoms with van der Waals surface area (Å²) in [6, 6.07) is 4.25. The maximum absolute atomic E-state index is 13.4. The molecule has 2 fully saturated rings. The number of benzene rings is 1. The van der Waals surface area contributed by atoms with Gasteiger partial charge in [-0.15, -0.1) is 0 Å². The van der Waals surface area contributed by atoms with Crippen molar-refractivity contribution in [1.29, 1.82) is 0 Å². The van der Waals surface area contributed by atoms with Gasteiger partial charge in [0.2, 0.25) is 0 Å². The van der Waals surface area contributed by atoms with Crippen molar-refractivity contribution in [3.63, 3.8) is 0 Å². The Hall–Kier alpha value is -1.51. The zero-order chi connectivity index (χ0) is 19.1. The van der Waals surface area contributed by atoms with E-state index >= 15 is 0 Å². The molecule has 0 heterocycles. The molecule has 2 aliphatic carbocycles. The highest BCUT2D eigenvalue weighted by molar-refractivity contribution is 5.96. The normalized spacial score (nSPS) is 29.2. The molecule has 144 valence electrons. The molecule has 3 heteroatoms. The Kier molecular flexibility index (Phi) is 5.11. The molecule has 2 bridgehead atoms. The van der Waals surface area contributed by atoms with Gasteiger partial charge in [0.25, 0.3) is 0 Å². The van der Waals surface area contributed by atoms with Crippen molar-refractivity contribution in [3.05, 3.63) is 23.3 Å². The zero-order valence-corrected chi connectivity index (χ0v) is 17.3. The molecule has 2 aliphatic rings. The first-order valence-electron chi connectivity index (χ1n) is 10.1. The molecule has 0 N–H and O–H groups in total. The molecule has 1 aromatic rings. The van der Waals surface area contributed by atoms with Crippen molar-refractivity contribution in [1.82, 2.24) is 0 Å². The highest BCUT2D eigenvalue weighted by Crippen LogP contribution is 2.69. The van der Waals surface area contributed by atoms with Crippen LogP contribution >= 0.6 is 0 Å². The topological polar surface area (TPSA) is 35.5 Å². The molecule has 0 amide bonds. The first-order chi connectivity index (χ1) is 12.3. The van der Waals surface area contributed by atoms with E-state index in [4.69, 9.17) is 9.47 Å². The molecular formula is C23H34O3. The number of methoxy groups -OCH3 is 2. The smallest absolute Gasteiger partial charge is 0.147 e. The summed E-state index contributed by atoms with van der Waals surface area (Å²) in [6.45, 7) is 8.90. The number of carbonyl (C=O) groups excluding carboxylic acids is 1. The zero-order valence-electron chi connectivity index (χ0n) is 17.3. The molecular weight excluding hydrogens is 324 g/mol. The molecule has 0 spiro atoms. The summed E-state index contributed by atoms with van der Waals surface area (Å²) >= 11 is 0. The van der Waals surface area contributed by atoms with Crippen molar-refractivity contribution in [3.8, 4) is 11.5 Å². The minimum Gasteiger partial charge on any atom is -0.496 e. The average Bonchev–Trinajstić information content (AvgIpc) is 2.93. The fourth-order valence-electron chi connectivity index (χ4n) is 5.44. The highest BCUT2D eigenvalue weighted by Gasteiger charge is 2.67. The van der Waals surface area contributed by atoms with Gasteiger partial charge in [0.1, 0.15) is 17.3 Å². The fourth-order valence-corrected chi connectivity index (χ4v) is 5.44. The Bertz CT molecular complexity index is 666. The van der Waals surface area contributed by atoms with Gasteiger partial charge < -0.3 is 9.47 Å². The Morgan fingerprint density at radius 3 is 2.15 bits per heavy atom. The van der Waals surface area contributed by atoms with E-state index < -0.39 is 0 Å². The number of Topliss-reactive ketones (excluding diaryl/α,β-unsaturated/α-hetero) is 1. The maximum atomic E-state index is 13.4. The van der Waals surface area contributed by atoms with Crippen LogP contribution in [0, 0.1) is 16.7 Å². The van der Waals surface area contributed by atoms with Gasteiger partial charge in [0.05, 0.1) is 20.1 Å². The lowest BCUT2D eigenvalue weighted by Gasteiger charge is -2.32. The van der Waals surface area contributed by atoms with Crippen LogP contribution in [0.25, 0.3) is 0 Å². The van der Waals surface area contributed by atoms with Gasteiger partial charge in [0.15, 0.2) is 0 Å². The number of fused-ring (bicyclic) bond motifs is 2. The van der Waals surface area contributed by atoms with Crippen LogP contribution in [-0.2, 0) is 11.2 Å². The van der Waals surface area contributed by atoms with Crippen molar-refractivity contribution in [2.75, 3.05) is 14.2 Å². The van der Waals surface area contributed by atoms with E-state index in [1.54, 1.807) is 14.2 Å². The van der Waals surface area contributed by atoms with Crippen molar-refractivity contribution < 1.29 is 14.3 Å². The van der Waals surface area contributed by atoms with Crippen LogP contribution in [0.15, 0.2) is 12.1 Å². The fraction of sp³-hybridized carbons (Fsp3) is 0.696. The van der Waals surface area contributed by atoms with E-state index in [2.05, 4.69) is 39.8 Å². The van der Waals surface area contributed by atoms with E-state index in [1.165, 1.54) is 18.4 Å². The van der Waals surface area contributed by atoms with Crippen molar-refractivity contribution in [2.24, 2.45) is 16.7 Å². The third kappa shape index (κ3) is 2.66. The quantitative estimate of drug-likeness (QED) is 0.600. The predicted molar refractivity (Wildman–Crippen MR) is 105 cm³/mol. The van der Waals surface area contributed by atoms with Crippen LogP contribution in [0.4, 0.5) is 0 Å². The van der Waals surface area contributed by atoms with Gasteiger partial charge in [-0.1, -0.05) is 40.5 Å². The summed E-state index contributed by atoms with van der Waals surface area (Å²) in [4.78, 5) is 13.4. The number of aryl methyl sites for hydroxylation is 1. The second-order valence-corrected chi connectivity index (χ2v) is 8.91. The summed E-state index contributed by atoms with van der Waals surface area (Å²) in [5, 5.41) is 0. The number of rotatable bonds is 7. The molecule has 0 aliphatic heterocycles. The molecule has 3 atom stereocenters. The minimum atomic E-state index is -0.238. The van der Waals surface area contributed by atoms with E-state index in [-0.39, 0.29) is 16.7 Å². The predicted octanol–water partition coefficient (Wildman–Crippen LogP) is 5.55. The minimum absolute atomic E-state index is 0.0184. The van der Waals surface area contributed by atoms with Crippen LogP contribution < -0.4 is 9.47 Å². The summed E-state index contributed by atoms with van der Waals surface area (Å²) < 4.78 is 11.5. The molecule has 26 heavy (non-hydrogen) atoms. The lowest BCUT2D eigenvalue weighted by atomic mass is 9.70. The monoisotopic (exact) mass is 358 g/mol. The first kappa shape index (κ1) is 19.3. The van der Waals surface area contributed by atoms with Gasteiger partial charge in [-0.3, -0.25) is 4.79 Å². The van der Waals surface area contributed by atoms with E-state index in [9.17, 15) is 4.79 Å². The first-order valence-corrected chi connectivity index (χ1v) is 10.1. The lowest BCUT2D eigenvalue weighted by Crippen LogP contribution is -2.33. The molecule has 1 aromatic carbocycles. The largest absolute Gasteiger partial charge is 0.496 e. The molecule has 3 nitrogen and oxygen atoms in total. The second kappa shape index (κ2) is 6.90. The molecule has 2 saturated carbocycles. The summed E-state index contributed by atoms with van der Waals surface area (Å²) in [7, 11) is 3.41. The number of unbranched alkanes of at least 4 members (excludes halogenated alkanes) is 2. The molecule has 0 saturated heterocycles.